The Bertz CT molecular complexity index is 1070. The van der Waals surface area contributed by atoms with Gasteiger partial charge in [0.15, 0.2) is 0 Å². The minimum Gasteiger partial charge on any atom is -0.410 e. The smallest absolute Gasteiger partial charge is 0.410 e. The molecule has 0 N–H and O–H groups in total. The van der Waals surface area contributed by atoms with Gasteiger partial charge in [-0.1, -0.05) is 18.2 Å². The highest BCUT2D eigenvalue weighted by Crippen LogP contribution is 2.34. The van der Waals surface area contributed by atoms with Gasteiger partial charge >= 0.3 is 12.3 Å². The average Bonchev–Trinajstić information content (AvgIpc) is 2.68. The quantitative estimate of drug-likeness (QED) is 0.623. The monoisotopic (exact) mass is 399 g/mol. The molecule has 0 saturated carbocycles. The molecule has 0 aliphatic carbocycles. The maximum atomic E-state index is 12.8. The zero-order valence-corrected chi connectivity index (χ0v) is 15.4. The Morgan fingerprint density at radius 1 is 1.07 bits per heavy atom. The number of carbonyl (C=O) groups is 1. The average molecular weight is 399 g/mol. The fraction of sp³-hybridized carbons (Fsp3) is 0.190. The van der Waals surface area contributed by atoms with E-state index in [9.17, 15) is 18.0 Å². The summed E-state index contributed by atoms with van der Waals surface area (Å²) >= 11 is 0. The summed E-state index contributed by atoms with van der Waals surface area (Å²) in [6, 6.07) is 11.9. The Hall–Kier alpha value is -3.42. The number of amides is 1. The number of hydrogen-bond donors (Lipinski definition) is 0. The number of rotatable bonds is 3. The van der Waals surface area contributed by atoms with E-state index < -0.39 is 17.8 Å². The summed E-state index contributed by atoms with van der Waals surface area (Å²) in [5, 5.41) is 0. The van der Waals surface area contributed by atoms with Crippen LogP contribution in [0.4, 0.5) is 18.0 Å². The van der Waals surface area contributed by atoms with Crippen LogP contribution in [-0.2, 0) is 19.3 Å². The van der Waals surface area contributed by atoms with E-state index in [1.807, 2.05) is 13.0 Å². The third-order valence-corrected chi connectivity index (χ3v) is 4.60. The van der Waals surface area contributed by atoms with Gasteiger partial charge in [-0.15, -0.1) is 0 Å². The summed E-state index contributed by atoms with van der Waals surface area (Å²) in [4.78, 5) is 22.2. The number of halogens is 3. The van der Waals surface area contributed by atoms with Gasteiger partial charge in [0.25, 0.3) is 0 Å². The van der Waals surface area contributed by atoms with Gasteiger partial charge in [0.1, 0.15) is 11.6 Å². The van der Waals surface area contributed by atoms with Gasteiger partial charge in [-0.25, -0.2) is 14.8 Å². The number of aromatic nitrogens is 2. The van der Waals surface area contributed by atoms with Crippen molar-refractivity contribution in [3.05, 3.63) is 77.4 Å². The molecule has 0 unspecified atom stereocenters. The van der Waals surface area contributed by atoms with E-state index in [4.69, 9.17) is 4.74 Å². The molecule has 5 nitrogen and oxygen atoms in total. The zero-order valence-electron chi connectivity index (χ0n) is 15.4. The number of benzene rings is 2. The Kier molecular flexibility index (Phi) is 4.70. The first-order chi connectivity index (χ1) is 13.8. The molecule has 3 aromatic rings. The van der Waals surface area contributed by atoms with Crippen molar-refractivity contribution in [2.45, 2.75) is 26.2 Å². The molecule has 29 heavy (non-hydrogen) atoms. The Balaban J connectivity index is 1.58. The van der Waals surface area contributed by atoms with Gasteiger partial charge in [0.05, 0.1) is 18.7 Å². The van der Waals surface area contributed by atoms with Gasteiger partial charge in [-0.3, -0.25) is 4.90 Å². The topological polar surface area (TPSA) is 55.3 Å². The lowest BCUT2D eigenvalue weighted by atomic mass is 10.0. The zero-order chi connectivity index (χ0) is 20.6. The molecular formula is C21H16F3N3O2. The van der Waals surface area contributed by atoms with E-state index in [-0.39, 0.29) is 6.54 Å². The molecule has 1 amide bonds. The lowest BCUT2D eigenvalue weighted by molar-refractivity contribution is -0.137. The summed E-state index contributed by atoms with van der Waals surface area (Å²) < 4.78 is 43.7. The molecule has 0 atom stereocenters. The number of ether oxygens (including phenoxy) is 1. The summed E-state index contributed by atoms with van der Waals surface area (Å²) in [6.07, 6.45) is -3.24. The van der Waals surface area contributed by atoms with Crippen LogP contribution in [0.15, 0.2) is 54.7 Å². The molecule has 0 radical (unpaired) electrons. The molecule has 1 aromatic heterocycles. The molecule has 0 saturated heterocycles. The van der Waals surface area contributed by atoms with E-state index in [0.717, 1.165) is 29.0 Å². The summed E-state index contributed by atoms with van der Waals surface area (Å²) in [7, 11) is 0. The van der Waals surface area contributed by atoms with Crippen molar-refractivity contribution in [2.24, 2.45) is 0 Å². The number of fused-ring (bicyclic) bond motifs is 1. The molecular weight excluding hydrogens is 383 g/mol. The summed E-state index contributed by atoms with van der Waals surface area (Å²) in [6.45, 7) is 2.33. The van der Waals surface area contributed by atoms with E-state index in [1.165, 1.54) is 17.0 Å². The molecule has 1 aliphatic heterocycles. The second-order valence-corrected chi connectivity index (χ2v) is 6.74. The second-order valence-electron chi connectivity index (χ2n) is 6.74. The first-order valence-electron chi connectivity index (χ1n) is 8.85. The Labute approximate surface area is 164 Å². The van der Waals surface area contributed by atoms with Crippen molar-refractivity contribution >= 4 is 6.09 Å². The minimum atomic E-state index is -4.37. The van der Waals surface area contributed by atoms with Crippen LogP contribution in [0, 0.1) is 6.92 Å². The van der Waals surface area contributed by atoms with E-state index in [1.54, 1.807) is 24.4 Å². The SMILES string of the molecule is Cc1ccnc(CN2Cc3cc(-c4ccc(C(F)(F)F)cc4)ccc3OC2=O)n1. The number of carbonyl (C=O) groups excluding carboxylic acids is 1. The van der Waals surface area contributed by atoms with Gasteiger partial charge in [0, 0.05) is 17.5 Å². The molecule has 2 heterocycles. The van der Waals surface area contributed by atoms with Crippen LogP contribution < -0.4 is 4.74 Å². The van der Waals surface area contributed by atoms with Crippen molar-refractivity contribution in [1.29, 1.82) is 0 Å². The number of hydrogen-bond acceptors (Lipinski definition) is 4. The molecule has 4 rings (SSSR count). The van der Waals surface area contributed by atoms with Crippen molar-refractivity contribution in [1.82, 2.24) is 14.9 Å². The standard InChI is InChI=1S/C21H16F3N3O2/c1-13-8-9-25-19(26-13)12-27-11-16-10-15(4-7-18(16)29-20(27)28)14-2-5-17(6-3-14)21(22,23)24/h2-10H,11-12H2,1H3. The van der Waals surface area contributed by atoms with Crippen LogP contribution in [0.3, 0.4) is 0 Å². The third kappa shape index (κ3) is 4.06. The normalized spacial score (nSPS) is 13.8. The van der Waals surface area contributed by atoms with Crippen LogP contribution in [0.1, 0.15) is 22.6 Å². The summed E-state index contributed by atoms with van der Waals surface area (Å²) in [5.74, 6) is 0.941. The van der Waals surface area contributed by atoms with Gasteiger partial charge < -0.3 is 4.74 Å². The highest BCUT2D eigenvalue weighted by Gasteiger charge is 2.30. The van der Waals surface area contributed by atoms with Gasteiger partial charge in [-0.2, -0.15) is 13.2 Å². The second kappa shape index (κ2) is 7.20. The number of nitrogens with zero attached hydrogens (tertiary/aromatic N) is 3. The first kappa shape index (κ1) is 18.9. The van der Waals surface area contributed by atoms with Crippen LogP contribution >= 0.6 is 0 Å². The van der Waals surface area contributed by atoms with Crippen molar-refractivity contribution < 1.29 is 22.7 Å². The highest BCUT2D eigenvalue weighted by molar-refractivity contribution is 5.75. The number of aryl methyl sites for hydroxylation is 1. The minimum absolute atomic E-state index is 0.199. The van der Waals surface area contributed by atoms with Crippen LogP contribution in [-0.4, -0.2) is 21.0 Å². The van der Waals surface area contributed by atoms with Gasteiger partial charge in [-0.05, 0) is 48.4 Å². The first-order valence-corrected chi connectivity index (χ1v) is 8.85. The summed E-state index contributed by atoms with van der Waals surface area (Å²) in [5.41, 5.74) is 2.24. The van der Waals surface area contributed by atoms with E-state index in [2.05, 4.69) is 9.97 Å². The Morgan fingerprint density at radius 2 is 1.79 bits per heavy atom. The molecule has 148 valence electrons. The van der Waals surface area contributed by atoms with Crippen molar-refractivity contribution in [3.63, 3.8) is 0 Å². The van der Waals surface area contributed by atoms with E-state index >= 15 is 0 Å². The lowest BCUT2D eigenvalue weighted by Crippen LogP contribution is -2.37. The molecule has 2 aromatic carbocycles. The van der Waals surface area contributed by atoms with Crippen molar-refractivity contribution in [2.75, 3.05) is 0 Å². The van der Waals surface area contributed by atoms with E-state index in [0.29, 0.717) is 23.7 Å². The largest absolute Gasteiger partial charge is 0.416 e. The highest BCUT2D eigenvalue weighted by atomic mass is 19.4. The predicted octanol–water partition coefficient (Wildman–Crippen LogP) is 4.99. The van der Waals surface area contributed by atoms with Crippen LogP contribution in [0.25, 0.3) is 11.1 Å². The lowest BCUT2D eigenvalue weighted by Gasteiger charge is -2.27. The predicted molar refractivity (Wildman–Crippen MR) is 98.9 cm³/mol. The third-order valence-electron chi connectivity index (χ3n) is 4.60. The molecule has 0 spiro atoms. The fourth-order valence-corrected chi connectivity index (χ4v) is 3.13. The van der Waals surface area contributed by atoms with Gasteiger partial charge in [0.2, 0.25) is 0 Å². The van der Waals surface area contributed by atoms with Crippen LogP contribution in [0.5, 0.6) is 5.75 Å². The Morgan fingerprint density at radius 3 is 2.48 bits per heavy atom. The molecule has 8 heteroatoms. The maximum absolute atomic E-state index is 12.8. The molecule has 0 bridgehead atoms. The molecule has 0 fully saturated rings. The fourth-order valence-electron chi connectivity index (χ4n) is 3.13. The maximum Gasteiger partial charge on any atom is 0.416 e. The molecule has 1 aliphatic rings. The van der Waals surface area contributed by atoms with Crippen molar-refractivity contribution in [3.8, 4) is 16.9 Å². The van der Waals surface area contributed by atoms with Crippen LogP contribution in [0.2, 0.25) is 0 Å². The number of alkyl halides is 3.